The molecule has 1 amide bonds. The van der Waals surface area contributed by atoms with Crippen molar-refractivity contribution >= 4 is 39.9 Å². The molecule has 7 nitrogen and oxygen atoms in total. The number of benzene rings is 1. The molecule has 0 saturated carbocycles. The molecule has 33 heavy (non-hydrogen) atoms. The monoisotopic (exact) mass is 473 g/mol. The zero-order valence-corrected chi connectivity index (χ0v) is 18.9. The summed E-state index contributed by atoms with van der Waals surface area (Å²) in [6.07, 6.45) is 1.12. The standard InChI is InChI=1S/C23H22ClF2N5O2/c1-13(32)31-8-6-14(7-9-31)17-10-18-21(28-12-29-22(18)30(2)23(17)33)27-11-15-4-3-5-16(19(15)24)20(25)26/h3-6,10,12,20H,7-9,11H2,1-2H3,(H,27,28,29). The molecule has 0 atom stereocenters. The number of pyridine rings is 1. The summed E-state index contributed by atoms with van der Waals surface area (Å²) < 4.78 is 27.8. The number of fused-ring (bicyclic) bond motifs is 1. The number of anilines is 1. The summed E-state index contributed by atoms with van der Waals surface area (Å²) in [6, 6.07) is 6.24. The van der Waals surface area contributed by atoms with E-state index in [0.29, 0.717) is 47.5 Å². The Kier molecular flexibility index (Phi) is 6.42. The average Bonchev–Trinajstić information content (AvgIpc) is 2.80. The van der Waals surface area contributed by atoms with Crippen molar-refractivity contribution in [2.75, 3.05) is 18.4 Å². The molecule has 1 aliphatic rings. The molecule has 4 rings (SSSR count). The molecule has 1 aromatic carbocycles. The van der Waals surface area contributed by atoms with Crippen LogP contribution >= 0.6 is 11.6 Å². The minimum absolute atomic E-state index is 0.00817. The third kappa shape index (κ3) is 4.45. The zero-order chi connectivity index (χ0) is 23.7. The largest absolute Gasteiger partial charge is 0.365 e. The van der Waals surface area contributed by atoms with Gasteiger partial charge in [-0.25, -0.2) is 18.7 Å². The summed E-state index contributed by atoms with van der Waals surface area (Å²) in [7, 11) is 1.64. The Morgan fingerprint density at radius 3 is 2.76 bits per heavy atom. The molecule has 0 radical (unpaired) electrons. The summed E-state index contributed by atoms with van der Waals surface area (Å²) in [5, 5.41) is 3.77. The van der Waals surface area contributed by atoms with Crippen LogP contribution in [0.5, 0.6) is 0 Å². The zero-order valence-electron chi connectivity index (χ0n) is 18.1. The number of halogens is 3. The number of rotatable bonds is 5. The van der Waals surface area contributed by atoms with E-state index < -0.39 is 6.43 Å². The molecule has 2 aromatic heterocycles. The van der Waals surface area contributed by atoms with Gasteiger partial charge >= 0.3 is 0 Å². The molecule has 1 aliphatic heterocycles. The van der Waals surface area contributed by atoms with E-state index in [1.807, 2.05) is 6.08 Å². The fourth-order valence-electron chi connectivity index (χ4n) is 3.92. The van der Waals surface area contributed by atoms with Crippen LogP contribution in [-0.2, 0) is 18.4 Å². The van der Waals surface area contributed by atoms with Crippen molar-refractivity contribution in [3.8, 4) is 0 Å². The Bertz CT molecular complexity index is 1320. The van der Waals surface area contributed by atoms with Crippen molar-refractivity contribution in [1.82, 2.24) is 19.4 Å². The lowest BCUT2D eigenvalue weighted by Gasteiger charge is -2.25. The highest BCUT2D eigenvalue weighted by atomic mass is 35.5. The lowest BCUT2D eigenvalue weighted by atomic mass is 9.99. The number of aromatic nitrogens is 3. The van der Waals surface area contributed by atoms with Crippen molar-refractivity contribution in [2.45, 2.75) is 26.3 Å². The summed E-state index contributed by atoms with van der Waals surface area (Å²) >= 11 is 6.16. The number of aryl methyl sites for hydroxylation is 1. The highest BCUT2D eigenvalue weighted by Gasteiger charge is 2.20. The second-order valence-electron chi connectivity index (χ2n) is 7.80. The predicted octanol–water partition coefficient (Wildman–Crippen LogP) is 4.17. The lowest BCUT2D eigenvalue weighted by molar-refractivity contribution is -0.128. The van der Waals surface area contributed by atoms with Gasteiger partial charge in [0.15, 0.2) is 0 Å². The third-order valence-electron chi connectivity index (χ3n) is 5.79. The van der Waals surface area contributed by atoms with Crippen LogP contribution in [0.1, 0.15) is 36.5 Å². The van der Waals surface area contributed by atoms with Gasteiger partial charge in [-0.1, -0.05) is 35.9 Å². The van der Waals surface area contributed by atoms with Crippen LogP contribution in [0.25, 0.3) is 16.6 Å². The number of carbonyl (C=O) groups excluding carboxylic acids is 1. The molecule has 0 unspecified atom stereocenters. The van der Waals surface area contributed by atoms with Crippen molar-refractivity contribution < 1.29 is 13.6 Å². The number of alkyl halides is 2. The van der Waals surface area contributed by atoms with Gasteiger partial charge in [-0.3, -0.25) is 14.2 Å². The van der Waals surface area contributed by atoms with E-state index >= 15 is 0 Å². The lowest BCUT2D eigenvalue weighted by Crippen LogP contribution is -2.33. The SMILES string of the molecule is CC(=O)N1CC=C(c2cc3c(NCc4cccc(C(F)F)c4Cl)ncnc3n(C)c2=O)CC1. The van der Waals surface area contributed by atoms with Crippen LogP contribution in [0, 0.1) is 0 Å². The summed E-state index contributed by atoms with van der Waals surface area (Å²) in [4.78, 5) is 34.9. The molecular weight excluding hydrogens is 452 g/mol. The Labute approximate surface area is 193 Å². The van der Waals surface area contributed by atoms with Crippen molar-refractivity contribution in [2.24, 2.45) is 7.05 Å². The van der Waals surface area contributed by atoms with Gasteiger partial charge < -0.3 is 10.2 Å². The molecule has 10 heteroatoms. The van der Waals surface area contributed by atoms with Gasteiger partial charge in [-0.15, -0.1) is 0 Å². The summed E-state index contributed by atoms with van der Waals surface area (Å²) in [5.74, 6) is 0.448. The quantitative estimate of drug-likeness (QED) is 0.601. The molecule has 3 aromatic rings. The second-order valence-corrected chi connectivity index (χ2v) is 8.18. The topological polar surface area (TPSA) is 80.1 Å². The van der Waals surface area contributed by atoms with E-state index in [2.05, 4.69) is 15.3 Å². The van der Waals surface area contributed by atoms with Gasteiger partial charge in [0.1, 0.15) is 17.8 Å². The van der Waals surface area contributed by atoms with Crippen LogP contribution in [0.4, 0.5) is 14.6 Å². The number of amides is 1. The average molecular weight is 474 g/mol. The Morgan fingerprint density at radius 1 is 1.30 bits per heavy atom. The summed E-state index contributed by atoms with van der Waals surface area (Å²) in [5.41, 5.74) is 1.90. The molecule has 1 N–H and O–H groups in total. The van der Waals surface area contributed by atoms with Crippen LogP contribution in [0.2, 0.25) is 5.02 Å². The molecule has 0 fully saturated rings. The predicted molar refractivity (Wildman–Crippen MR) is 123 cm³/mol. The smallest absolute Gasteiger partial charge is 0.265 e. The first-order chi connectivity index (χ1) is 15.8. The number of nitrogens with zero attached hydrogens (tertiary/aromatic N) is 4. The van der Waals surface area contributed by atoms with Gasteiger partial charge in [0.25, 0.3) is 12.0 Å². The van der Waals surface area contributed by atoms with Crippen LogP contribution in [0.15, 0.2) is 41.5 Å². The summed E-state index contributed by atoms with van der Waals surface area (Å²) in [6.45, 7) is 2.67. The number of hydrogen-bond acceptors (Lipinski definition) is 5. The van der Waals surface area contributed by atoms with Gasteiger partial charge in [0.05, 0.1) is 10.4 Å². The van der Waals surface area contributed by atoms with Crippen LogP contribution in [0.3, 0.4) is 0 Å². The van der Waals surface area contributed by atoms with E-state index in [1.165, 1.54) is 30.0 Å². The maximum atomic E-state index is 13.2. The van der Waals surface area contributed by atoms with Crippen molar-refractivity contribution in [3.05, 3.63) is 68.7 Å². The Hall–Kier alpha value is -3.33. The first kappa shape index (κ1) is 22.8. The number of carbonyl (C=O) groups is 1. The molecule has 3 heterocycles. The maximum absolute atomic E-state index is 13.2. The fourth-order valence-corrected chi connectivity index (χ4v) is 4.20. The first-order valence-electron chi connectivity index (χ1n) is 10.4. The van der Waals surface area contributed by atoms with Crippen molar-refractivity contribution in [3.63, 3.8) is 0 Å². The maximum Gasteiger partial charge on any atom is 0.265 e. The Morgan fingerprint density at radius 2 is 2.09 bits per heavy atom. The minimum Gasteiger partial charge on any atom is -0.365 e. The molecular formula is C23H22ClF2N5O2. The van der Waals surface area contributed by atoms with E-state index in [9.17, 15) is 18.4 Å². The molecule has 0 saturated heterocycles. The van der Waals surface area contributed by atoms with Crippen LogP contribution < -0.4 is 10.9 Å². The van der Waals surface area contributed by atoms with E-state index in [4.69, 9.17) is 11.6 Å². The molecule has 0 spiro atoms. The Balaban J connectivity index is 1.70. The first-order valence-corrected chi connectivity index (χ1v) is 10.7. The minimum atomic E-state index is -2.67. The van der Waals surface area contributed by atoms with Gasteiger partial charge in [0.2, 0.25) is 5.91 Å². The second kappa shape index (κ2) is 9.27. The number of hydrogen-bond donors (Lipinski definition) is 1. The van der Waals surface area contributed by atoms with E-state index in [-0.39, 0.29) is 28.6 Å². The van der Waals surface area contributed by atoms with Crippen molar-refractivity contribution in [1.29, 1.82) is 0 Å². The highest BCUT2D eigenvalue weighted by Crippen LogP contribution is 2.31. The van der Waals surface area contributed by atoms with E-state index in [1.54, 1.807) is 24.1 Å². The van der Waals surface area contributed by atoms with Gasteiger partial charge in [-0.2, -0.15) is 0 Å². The third-order valence-corrected chi connectivity index (χ3v) is 6.26. The molecule has 172 valence electrons. The number of nitrogens with one attached hydrogen (secondary N) is 1. The van der Waals surface area contributed by atoms with Gasteiger partial charge in [-0.05, 0) is 23.6 Å². The molecule has 0 bridgehead atoms. The van der Waals surface area contributed by atoms with Crippen LogP contribution in [-0.4, -0.2) is 38.4 Å². The fraction of sp³-hybridized carbons (Fsp3) is 0.304. The molecule has 0 aliphatic carbocycles. The highest BCUT2D eigenvalue weighted by molar-refractivity contribution is 6.32. The van der Waals surface area contributed by atoms with E-state index in [0.717, 1.165) is 5.57 Å². The normalized spacial score (nSPS) is 14.0. The van der Waals surface area contributed by atoms with Gasteiger partial charge in [0, 0.05) is 44.7 Å².